The summed E-state index contributed by atoms with van der Waals surface area (Å²) >= 11 is 0. The van der Waals surface area contributed by atoms with Gasteiger partial charge in [0.05, 0.1) is 11.2 Å². The minimum atomic E-state index is 0.332. The van der Waals surface area contributed by atoms with E-state index in [0.29, 0.717) is 18.4 Å². The SMILES string of the molecule is CC(Cc1ccc(OCc2ccc3ccccc3n2)cc1)c1cccc(/C(N)=N/N)c1. The summed E-state index contributed by atoms with van der Waals surface area (Å²) in [5.74, 6) is 6.81. The lowest BCUT2D eigenvalue weighted by atomic mass is 9.92. The van der Waals surface area contributed by atoms with Crippen molar-refractivity contribution in [3.05, 3.63) is 107 Å². The summed E-state index contributed by atoms with van der Waals surface area (Å²) in [5.41, 5.74) is 11.0. The molecule has 5 nitrogen and oxygen atoms in total. The van der Waals surface area contributed by atoms with Gasteiger partial charge < -0.3 is 16.3 Å². The first-order valence-electron chi connectivity index (χ1n) is 10.3. The second-order valence-electron chi connectivity index (χ2n) is 7.67. The van der Waals surface area contributed by atoms with Crippen LogP contribution in [0.5, 0.6) is 5.75 Å². The number of hydrogen-bond donors (Lipinski definition) is 2. The van der Waals surface area contributed by atoms with Crippen LogP contribution in [0.3, 0.4) is 0 Å². The van der Waals surface area contributed by atoms with E-state index in [1.807, 2.05) is 54.6 Å². The highest BCUT2D eigenvalue weighted by atomic mass is 16.5. The predicted octanol–water partition coefficient (Wildman–Crippen LogP) is 4.74. The van der Waals surface area contributed by atoms with Crippen LogP contribution in [0.15, 0.2) is 90.0 Å². The molecule has 31 heavy (non-hydrogen) atoms. The van der Waals surface area contributed by atoms with Gasteiger partial charge in [0, 0.05) is 10.9 Å². The zero-order valence-electron chi connectivity index (χ0n) is 17.5. The molecule has 0 bridgehead atoms. The molecule has 1 unspecified atom stereocenters. The van der Waals surface area contributed by atoms with E-state index < -0.39 is 0 Å². The molecule has 0 saturated carbocycles. The fraction of sp³-hybridized carbons (Fsp3) is 0.154. The van der Waals surface area contributed by atoms with Crippen molar-refractivity contribution in [3.63, 3.8) is 0 Å². The van der Waals surface area contributed by atoms with Gasteiger partial charge in [-0.15, -0.1) is 0 Å². The van der Waals surface area contributed by atoms with Crippen molar-refractivity contribution in [3.8, 4) is 5.75 Å². The van der Waals surface area contributed by atoms with Crippen LogP contribution < -0.4 is 16.3 Å². The van der Waals surface area contributed by atoms with Gasteiger partial charge in [0.15, 0.2) is 0 Å². The molecule has 156 valence electrons. The Bertz CT molecular complexity index is 1200. The van der Waals surface area contributed by atoms with Gasteiger partial charge in [-0.1, -0.05) is 61.5 Å². The largest absolute Gasteiger partial charge is 0.487 e. The van der Waals surface area contributed by atoms with Crippen molar-refractivity contribution in [2.24, 2.45) is 16.7 Å². The normalized spacial score (nSPS) is 12.6. The maximum Gasteiger partial charge on any atom is 0.150 e. The molecule has 3 aromatic carbocycles. The van der Waals surface area contributed by atoms with Crippen LogP contribution in [-0.2, 0) is 13.0 Å². The molecular weight excluding hydrogens is 384 g/mol. The van der Waals surface area contributed by atoms with Crippen molar-refractivity contribution in [2.45, 2.75) is 25.9 Å². The third-order valence-electron chi connectivity index (χ3n) is 5.40. The molecule has 4 aromatic rings. The van der Waals surface area contributed by atoms with E-state index in [1.54, 1.807) is 0 Å². The molecule has 1 atom stereocenters. The number of rotatable bonds is 7. The van der Waals surface area contributed by atoms with Gasteiger partial charge >= 0.3 is 0 Å². The first kappa shape index (κ1) is 20.4. The molecule has 0 aliphatic heterocycles. The number of benzene rings is 3. The molecule has 1 aromatic heterocycles. The summed E-state index contributed by atoms with van der Waals surface area (Å²) in [6.45, 7) is 2.64. The van der Waals surface area contributed by atoms with E-state index in [9.17, 15) is 0 Å². The van der Waals surface area contributed by atoms with Crippen molar-refractivity contribution in [1.29, 1.82) is 0 Å². The van der Waals surface area contributed by atoms with Gasteiger partial charge in [-0.3, -0.25) is 0 Å². The second-order valence-corrected chi connectivity index (χ2v) is 7.67. The maximum absolute atomic E-state index is 5.94. The fourth-order valence-electron chi connectivity index (χ4n) is 3.62. The molecule has 0 spiro atoms. The van der Waals surface area contributed by atoms with Gasteiger partial charge in [-0.2, -0.15) is 5.10 Å². The highest BCUT2D eigenvalue weighted by molar-refractivity contribution is 5.97. The quantitative estimate of drug-likeness (QED) is 0.199. The standard InChI is InChI=1S/C26H26N4O/c1-18(21-6-4-7-22(16-21)26(27)30-28)15-19-9-13-24(14-10-19)31-17-23-12-11-20-5-2-3-8-25(20)29-23/h2-14,16,18H,15,17,28H2,1H3,(H2,27,30). The van der Waals surface area contributed by atoms with Crippen LogP contribution >= 0.6 is 0 Å². The number of nitrogens with two attached hydrogens (primary N) is 2. The number of hydrogen-bond acceptors (Lipinski definition) is 4. The molecule has 0 aliphatic rings. The Hall–Kier alpha value is -3.86. The topological polar surface area (TPSA) is 86.5 Å². The number of amidine groups is 1. The summed E-state index contributed by atoms with van der Waals surface area (Å²) < 4.78 is 5.94. The zero-order chi connectivity index (χ0) is 21.6. The summed E-state index contributed by atoms with van der Waals surface area (Å²) in [6.07, 6.45) is 0.912. The Morgan fingerprint density at radius 1 is 0.968 bits per heavy atom. The van der Waals surface area contributed by atoms with Crippen molar-refractivity contribution in [2.75, 3.05) is 0 Å². The summed E-state index contributed by atoms with van der Waals surface area (Å²) in [7, 11) is 0. The van der Waals surface area contributed by atoms with Gasteiger partial charge in [0.2, 0.25) is 0 Å². The lowest BCUT2D eigenvalue weighted by molar-refractivity contribution is 0.301. The molecule has 4 N–H and O–H groups in total. The van der Waals surface area contributed by atoms with Gasteiger partial charge in [-0.25, -0.2) is 4.98 Å². The predicted molar refractivity (Wildman–Crippen MR) is 126 cm³/mol. The minimum Gasteiger partial charge on any atom is -0.487 e. The molecule has 0 aliphatic carbocycles. The average molecular weight is 411 g/mol. The van der Waals surface area contributed by atoms with Crippen LogP contribution in [-0.4, -0.2) is 10.8 Å². The summed E-state index contributed by atoms with van der Waals surface area (Å²) in [6, 6.07) is 28.5. The van der Waals surface area contributed by atoms with Crippen LogP contribution in [0.25, 0.3) is 10.9 Å². The molecule has 5 heteroatoms. The molecule has 0 fully saturated rings. The van der Waals surface area contributed by atoms with Crippen molar-refractivity contribution in [1.82, 2.24) is 4.98 Å². The Balaban J connectivity index is 1.37. The average Bonchev–Trinajstić information content (AvgIpc) is 2.83. The first-order valence-corrected chi connectivity index (χ1v) is 10.3. The van der Waals surface area contributed by atoms with E-state index >= 15 is 0 Å². The highest BCUT2D eigenvalue weighted by Gasteiger charge is 2.09. The summed E-state index contributed by atoms with van der Waals surface area (Å²) in [4.78, 5) is 4.66. The van der Waals surface area contributed by atoms with E-state index in [2.05, 4.69) is 47.3 Å². The van der Waals surface area contributed by atoms with E-state index in [1.165, 1.54) is 11.1 Å². The van der Waals surface area contributed by atoms with Crippen molar-refractivity contribution < 1.29 is 4.74 Å². The van der Waals surface area contributed by atoms with Crippen LogP contribution in [0, 0.1) is 0 Å². The monoisotopic (exact) mass is 410 g/mol. The smallest absolute Gasteiger partial charge is 0.150 e. The lowest BCUT2D eigenvalue weighted by Crippen LogP contribution is -2.15. The maximum atomic E-state index is 5.94. The third-order valence-corrected chi connectivity index (χ3v) is 5.40. The zero-order valence-corrected chi connectivity index (χ0v) is 17.5. The summed E-state index contributed by atoms with van der Waals surface area (Å²) in [5, 5.41) is 4.72. The Morgan fingerprint density at radius 3 is 2.58 bits per heavy atom. The highest BCUT2D eigenvalue weighted by Crippen LogP contribution is 2.23. The van der Waals surface area contributed by atoms with Crippen LogP contribution in [0.2, 0.25) is 0 Å². The van der Waals surface area contributed by atoms with E-state index in [-0.39, 0.29) is 0 Å². The van der Waals surface area contributed by atoms with E-state index in [0.717, 1.165) is 34.3 Å². The van der Waals surface area contributed by atoms with Crippen LogP contribution in [0.1, 0.15) is 35.2 Å². The minimum absolute atomic E-state index is 0.332. The molecular formula is C26H26N4O. The Kier molecular flexibility index (Phi) is 6.13. The van der Waals surface area contributed by atoms with Crippen LogP contribution in [0.4, 0.5) is 0 Å². The first-order chi connectivity index (χ1) is 15.1. The van der Waals surface area contributed by atoms with Crippen molar-refractivity contribution >= 4 is 16.7 Å². The number of aromatic nitrogens is 1. The lowest BCUT2D eigenvalue weighted by Gasteiger charge is -2.14. The molecule has 0 saturated heterocycles. The molecule has 4 rings (SSSR count). The number of pyridine rings is 1. The van der Waals surface area contributed by atoms with Gasteiger partial charge in [-0.05, 0) is 53.8 Å². The Labute approximate surface area is 182 Å². The number of hydrazone groups is 1. The molecule has 1 heterocycles. The number of ether oxygens (including phenoxy) is 1. The molecule has 0 radical (unpaired) electrons. The van der Waals surface area contributed by atoms with Gasteiger partial charge in [0.1, 0.15) is 18.2 Å². The van der Waals surface area contributed by atoms with E-state index in [4.69, 9.17) is 16.3 Å². The Morgan fingerprint density at radius 2 is 1.77 bits per heavy atom. The fourth-order valence-corrected chi connectivity index (χ4v) is 3.62. The number of para-hydroxylation sites is 1. The number of fused-ring (bicyclic) bond motifs is 1. The second kappa shape index (κ2) is 9.30. The van der Waals surface area contributed by atoms with Gasteiger partial charge in [0.25, 0.3) is 0 Å². The number of nitrogens with zero attached hydrogens (tertiary/aromatic N) is 2. The molecule has 0 amide bonds. The third kappa shape index (κ3) is 5.01.